The van der Waals surface area contributed by atoms with Gasteiger partial charge >= 0.3 is 0 Å². The molecule has 0 fully saturated rings. The van der Waals surface area contributed by atoms with Crippen LogP contribution in [0.2, 0.25) is 0 Å². The molecule has 0 aliphatic rings. The Labute approximate surface area is 70.4 Å². The zero-order valence-electron chi connectivity index (χ0n) is 6.40. The van der Waals surface area contributed by atoms with Crippen molar-refractivity contribution in [1.82, 2.24) is 0 Å². The van der Waals surface area contributed by atoms with Crippen LogP contribution < -0.4 is 11.7 Å². The van der Waals surface area contributed by atoms with Crippen LogP contribution in [0.1, 0.15) is 15.9 Å². The number of hydrogen-bond donors (Lipinski definition) is 2. The summed E-state index contributed by atoms with van der Waals surface area (Å²) in [5, 5.41) is 8.36. The molecule has 0 aromatic heterocycles. The highest BCUT2D eigenvalue weighted by molar-refractivity contribution is 5.74. The summed E-state index contributed by atoms with van der Waals surface area (Å²) in [5.74, 6) is 8.00. The fourth-order valence-corrected chi connectivity index (χ4v) is 0.636. The second-order valence-electron chi connectivity index (χ2n) is 1.85. The van der Waals surface area contributed by atoms with Gasteiger partial charge in [0.15, 0.2) is 0 Å². The third kappa shape index (κ3) is 2.92. The molecule has 0 aliphatic heterocycles. The topological polar surface area (TPSA) is 92.9 Å². The number of nitrogens with zero attached hydrogens (tertiary/aromatic N) is 1. The van der Waals surface area contributed by atoms with E-state index in [2.05, 4.69) is 11.7 Å². The minimum atomic E-state index is 0.575. The number of rotatable bonds is 1. The quantitative estimate of drug-likeness (QED) is 0.351. The molecule has 1 rings (SSSR count). The molecule has 12 heavy (non-hydrogen) atoms. The SMILES string of the molecule is N#Cc1ccc(C=O)cc1.NN. The van der Waals surface area contributed by atoms with E-state index in [0.717, 1.165) is 6.29 Å². The molecule has 0 atom stereocenters. The van der Waals surface area contributed by atoms with Gasteiger partial charge in [0, 0.05) is 5.56 Å². The standard InChI is InChI=1S/C8H5NO.H4N2/c9-5-7-1-3-8(6-10)4-2-7;1-2/h1-4,6H;1-2H2. The molecule has 0 spiro atoms. The Morgan fingerprint density at radius 1 is 1.25 bits per heavy atom. The summed E-state index contributed by atoms with van der Waals surface area (Å²) in [6.07, 6.45) is 0.751. The first-order valence-electron chi connectivity index (χ1n) is 3.15. The van der Waals surface area contributed by atoms with Crippen LogP contribution in [-0.4, -0.2) is 6.29 Å². The van der Waals surface area contributed by atoms with Crippen LogP contribution >= 0.6 is 0 Å². The van der Waals surface area contributed by atoms with Gasteiger partial charge in [0.1, 0.15) is 6.29 Å². The summed E-state index contributed by atoms with van der Waals surface area (Å²) in [6, 6.07) is 8.43. The van der Waals surface area contributed by atoms with E-state index in [1.54, 1.807) is 24.3 Å². The lowest BCUT2D eigenvalue weighted by atomic mass is 10.2. The van der Waals surface area contributed by atoms with E-state index in [1.165, 1.54) is 0 Å². The minimum absolute atomic E-state index is 0.575. The van der Waals surface area contributed by atoms with Gasteiger partial charge in [-0.2, -0.15) is 5.26 Å². The van der Waals surface area contributed by atoms with Crippen molar-refractivity contribution in [3.63, 3.8) is 0 Å². The molecule has 1 aromatic rings. The molecular formula is C8H9N3O. The number of nitrogens with two attached hydrogens (primary N) is 2. The van der Waals surface area contributed by atoms with Gasteiger partial charge in [-0.15, -0.1) is 0 Å². The molecule has 4 heteroatoms. The average molecular weight is 163 g/mol. The van der Waals surface area contributed by atoms with Crippen molar-refractivity contribution in [2.45, 2.75) is 0 Å². The van der Waals surface area contributed by atoms with Gasteiger partial charge in [-0.05, 0) is 12.1 Å². The highest BCUT2D eigenvalue weighted by atomic mass is 16.1. The summed E-state index contributed by atoms with van der Waals surface area (Å²) in [7, 11) is 0. The zero-order valence-corrected chi connectivity index (χ0v) is 6.40. The molecule has 0 amide bonds. The van der Waals surface area contributed by atoms with E-state index in [9.17, 15) is 4.79 Å². The third-order valence-corrected chi connectivity index (χ3v) is 1.18. The van der Waals surface area contributed by atoms with Gasteiger partial charge < -0.3 is 0 Å². The van der Waals surface area contributed by atoms with Crippen molar-refractivity contribution >= 4 is 6.29 Å². The lowest BCUT2D eigenvalue weighted by molar-refractivity contribution is 0.112. The van der Waals surface area contributed by atoms with Crippen LogP contribution in [-0.2, 0) is 0 Å². The van der Waals surface area contributed by atoms with Crippen LogP contribution in [0.25, 0.3) is 0 Å². The second kappa shape index (κ2) is 6.04. The number of nitriles is 1. The normalized spacial score (nSPS) is 7.42. The Morgan fingerprint density at radius 3 is 2.08 bits per heavy atom. The Kier molecular flexibility index (Phi) is 5.18. The predicted molar refractivity (Wildman–Crippen MR) is 44.9 cm³/mol. The third-order valence-electron chi connectivity index (χ3n) is 1.18. The van der Waals surface area contributed by atoms with E-state index < -0.39 is 0 Å². The molecule has 0 radical (unpaired) electrons. The number of carbonyl (C=O) groups excluding carboxylic acids is 1. The Morgan fingerprint density at radius 2 is 1.75 bits per heavy atom. The summed E-state index contributed by atoms with van der Waals surface area (Å²) in [4.78, 5) is 10.1. The summed E-state index contributed by atoms with van der Waals surface area (Å²) >= 11 is 0. The number of aldehydes is 1. The molecular weight excluding hydrogens is 154 g/mol. The first kappa shape index (κ1) is 10.3. The van der Waals surface area contributed by atoms with Crippen molar-refractivity contribution in [1.29, 1.82) is 5.26 Å². The average Bonchev–Trinajstić information content (AvgIpc) is 2.21. The summed E-state index contributed by atoms with van der Waals surface area (Å²) < 4.78 is 0. The number of carbonyl (C=O) groups is 1. The van der Waals surface area contributed by atoms with Crippen molar-refractivity contribution in [2.75, 3.05) is 0 Å². The Balaban J connectivity index is 0.000000561. The van der Waals surface area contributed by atoms with E-state index >= 15 is 0 Å². The zero-order chi connectivity index (χ0) is 9.40. The molecule has 0 bridgehead atoms. The van der Waals surface area contributed by atoms with Gasteiger partial charge in [-0.1, -0.05) is 12.1 Å². The minimum Gasteiger partial charge on any atom is -0.298 e. The lowest BCUT2D eigenvalue weighted by Gasteiger charge is -1.87. The van der Waals surface area contributed by atoms with Crippen LogP contribution in [0.4, 0.5) is 0 Å². The van der Waals surface area contributed by atoms with Crippen LogP contribution in [0.15, 0.2) is 24.3 Å². The largest absolute Gasteiger partial charge is 0.298 e. The highest BCUT2D eigenvalue weighted by Crippen LogP contribution is 1.99. The van der Waals surface area contributed by atoms with Gasteiger partial charge in [-0.3, -0.25) is 16.5 Å². The van der Waals surface area contributed by atoms with Gasteiger partial charge in [0.2, 0.25) is 0 Å². The lowest BCUT2D eigenvalue weighted by Crippen LogP contribution is -2.02. The Hall–Kier alpha value is -1.70. The van der Waals surface area contributed by atoms with E-state index in [-0.39, 0.29) is 0 Å². The number of benzene rings is 1. The number of hydrazine groups is 1. The van der Waals surface area contributed by atoms with E-state index in [1.807, 2.05) is 6.07 Å². The van der Waals surface area contributed by atoms with E-state index in [0.29, 0.717) is 11.1 Å². The smallest absolute Gasteiger partial charge is 0.150 e. The van der Waals surface area contributed by atoms with Crippen molar-refractivity contribution < 1.29 is 4.79 Å². The van der Waals surface area contributed by atoms with Gasteiger partial charge in [0.25, 0.3) is 0 Å². The van der Waals surface area contributed by atoms with Crippen molar-refractivity contribution in [3.8, 4) is 6.07 Å². The second-order valence-corrected chi connectivity index (χ2v) is 1.85. The highest BCUT2D eigenvalue weighted by Gasteiger charge is 1.88. The first-order valence-corrected chi connectivity index (χ1v) is 3.15. The van der Waals surface area contributed by atoms with E-state index in [4.69, 9.17) is 5.26 Å². The molecule has 0 saturated carbocycles. The fourth-order valence-electron chi connectivity index (χ4n) is 0.636. The van der Waals surface area contributed by atoms with Crippen molar-refractivity contribution in [3.05, 3.63) is 35.4 Å². The van der Waals surface area contributed by atoms with Crippen LogP contribution in [0.3, 0.4) is 0 Å². The van der Waals surface area contributed by atoms with Gasteiger partial charge in [-0.25, -0.2) is 0 Å². The maximum Gasteiger partial charge on any atom is 0.150 e. The summed E-state index contributed by atoms with van der Waals surface area (Å²) in [6.45, 7) is 0. The van der Waals surface area contributed by atoms with Gasteiger partial charge in [0.05, 0.1) is 11.6 Å². The molecule has 0 heterocycles. The molecule has 0 saturated heterocycles. The Bertz CT molecular complexity index is 273. The molecule has 62 valence electrons. The maximum absolute atomic E-state index is 10.1. The maximum atomic E-state index is 10.1. The predicted octanol–water partition coefficient (Wildman–Crippen LogP) is 0.190. The first-order chi connectivity index (χ1) is 5.86. The molecule has 4 N–H and O–H groups in total. The molecule has 4 nitrogen and oxygen atoms in total. The summed E-state index contributed by atoms with van der Waals surface area (Å²) in [5.41, 5.74) is 1.17. The van der Waals surface area contributed by atoms with Crippen LogP contribution in [0.5, 0.6) is 0 Å². The molecule has 1 aromatic carbocycles. The monoisotopic (exact) mass is 163 g/mol. The number of hydrogen-bond acceptors (Lipinski definition) is 4. The van der Waals surface area contributed by atoms with Crippen molar-refractivity contribution in [2.24, 2.45) is 11.7 Å². The molecule has 0 unspecified atom stereocenters. The fraction of sp³-hybridized carbons (Fsp3) is 0. The van der Waals surface area contributed by atoms with Crippen LogP contribution in [0, 0.1) is 11.3 Å². The molecule has 0 aliphatic carbocycles.